The normalized spacial score (nSPS) is 15.0. The molecule has 0 aliphatic carbocycles. The first-order valence-corrected chi connectivity index (χ1v) is 4.34. The first-order valence-electron chi connectivity index (χ1n) is 3.97. The average molecular weight is 199 g/mol. The van der Waals surface area contributed by atoms with Crippen LogP contribution in [0.4, 0.5) is 0 Å². The number of carbonyl (C=O) groups excluding carboxylic acids is 1. The van der Waals surface area contributed by atoms with Crippen molar-refractivity contribution in [3.8, 4) is 0 Å². The Bertz CT molecular complexity index is 308. The first-order chi connectivity index (χ1) is 6.03. The summed E-state index contributed by atoms with van der Waals surface area (Å²) in [6.45, 7) is 1.47. The van der Waals surface area contributed by atoms with Gasteiger partial charge in [0.15, 0.2) is 6.29 Å². The van der Waals surface area contributed by atoms with Crippen molar-refractivity contribution in [2.24, 2.45) is 0 Å². The molecule has 0 saturated heterocycles. The Labute approximate surface area is 82.2 Å². The van der Waals surface area contributed by atoms with E-state index in [4.69, 9.17) is 11.6 Å². The molecule has 0 aliphatic rings. The molecule has 2 nitrogen and oxygen atoms in total. The summed E-state index contributed by atoms with van der Waals surface area (Å²) in [6.07, 6.45) is 0.824. The number of hydrogen-bond donors (Lipinski definition) is 1. The summed E-state index contributed by atoms with van der Waals surface area (Å²) in [5.74, 6) is 0. The van der Waals surface area contributed by atoms with Gasteiger partial charge in [0.05, 0.1) is 0 Å². The van der Waals surface area contributed by atoms with E-state index in [-0.39, 0.29) is 6.42 Å². The summed E-state index contributed by atoms with van der Waals surface area (Å²) in [5, 5.41) is 10.1. The Morgan fingerprint density at radius 3 is 2.85 bits per heavy atom. The average Bonchev–Trinajstić information content (AvgIpc) is 2.03. The topological polar surface area (TPSA) is 37.3 Å². The molecule has 0 saturated carbocycles. The smallest absolute Gasteiger partial charge is 0.151 e. The van der Waals surface area contributed by atoms with Gasteiger partial charge in [0.1, 0.15) is 5.60 Å². The van der Waals surface area contributed by atoms with Crippen molar-refractivity contribution in [2.45, 2.75) is 18.9 Å². The van der Waals surface area contributed by atoms with Crippen LogP contribution in [0.2, 0.25) is 5.02 Å². The van der Waals surface area contributed by atoms with E-state index in [1.54, 1.807) is 18.2 Å². The number of carbonyl (C=O) groups is 1. The third kappa shape index (κ3) is 3.17. The molecule has 1 atom stereocenters. The fourth-order valence-electron chi connectivity index (χ4n) is 1.10. The van der Waals surface area contributed by atoms with E-state index < -0.39 is 5.60 Å². The molecule has 1 aromatic carbocycles. The highest BCUT2D eigenvalue weighted by Gasteiger charge is 2.19. The Hall–Kier alpha value is -0.860. The second-order valence-electron chi connectivity index (χ2n) is 3.28. The number of aldehydes is 1. The van der Waals surface area contributed by atoms with Gasteiger partial charge in [-0.3, -0.25) is 0 Å². The van der Waals surface area contributed by atoms with Crippen LogP contribution >= 0.6 is 11.6 Å². The highest BCUT2D eigenvalue weighted by Crippen LogP contribution is 2.15. The third-order valence-corrected chi connectivity index (χ3v) is 1.94. The summed E-state index contributed by atoms with van der Waals surface area (Å²) < 4.78 is 0. The maximum atomic E-state index is 10.4. The van der Waals surface area contributed by atoms with Crippen molar-refractivity contribution >= 4 is 17.9 Å². The van der Waals surface area contributed by atoms with Crippen LogP contribution in [0.3, 0.4) is 0 Å². The fourth-order valence-corrected chi connectivity index (χ4v) is 1.31. The van der Waals surface area contributed by atoms with Crippen LogP contribution in [0.15, 0.2) is 24.3 Å². The lowest BCUT2D eigenvalue weighted by atomic mass is 9.98. The maximum Gasteiger partial charge on any atom is 0.151 e. The zero-order valence-electron chi connectivity index (χ0n) is 7.33. The highest BCUT2D eigenvalue weighted by atomic mass is 35.5. The van der Waals surface area contributed by atoms with Crippen LogP contribution in [-0.4, -0.2) is 17.0 Å². The van der Waals surface area contributed by atoms with E-state index in [1.807, 2.05) is 6.07 Å². The van der Waals surface area contributed by atoms with Crippen LogP contribution in [0, 0.1) is 0 Å². The Morgan fingerprint density at radius 2 is 2.31 bits per heavy atom. The van der Waals surface area contributed by atoms with Gasteiger partial charge >= 0.3 is 0 Å². The van der Waals surface area contributed by atoms with Crippen LogP contribution in [-0.2, 0) is 11.2 Å². The van der Waals surface area contributed by atoms with Crippen molar-refractivity contribution in [1.82, 2.24) is 0 Å². The van der Waals surface area contributed by atoms with Crippen LogP contribution < -0.4 is 0 Å². The van der Waals surface area contributed by atoms with Crippen molar-refractivity contribution in [2.75, 3.05) is 0 Å². The number of aliphatic hydroxyl groups is 1. The first kappa shape index (κ1) is 10.2. The summed E-state index contributed by atoms with van der Waals surface area (Å²) in [4.78, 5) is 10.4. The van der Waals surface area contributed by atoms with E-state index in [0.29, 0.717) is 11.3 Å². The van der Waals surface area contributed by atoms with Crippen LogP contribution in [0.1, 0.15) is 12.5 Å². The van der Waals surface area contributed by atoms with E-state index in [9.17, 15) is 9.90 Å². The molecule has 0 aliphatic heterocycles. The summed E-state index contributed by atoms with van der Waals surface area (Å²) in [6, 6.07) is 7.10. The van der Waals surface area contributed by atoms with Crippen molar-refractivity contribution in [1.29, 1.82) is 0 Å². The van der Waals surface area contributed by atoms with Crippen molar-refractivity contribution in [3.63, 3.8) is 0 Å². The lowest BCUT2D eigenvalue weighted by Crippen LogP contribution is -2.28. The minimum absolute atomic E-state index is 0.289. The molecule has 1 unspecified atom stereocenters. The standard InChI is InChI=1S/C10H11ClO2/c1-10(13,7-12)6-8-3-2-4-9(11)5-8/h2-5,7,13H,6H2,1H3. The van der Waals surface area contributed by atoms with Gasteiger partial charge in [-0.1, -0.05) is 23.7 Å². The van der Waals surface area contributed by atoms with Gasteiger partial charge in [-0.2, -0.15) is 0 Å². The molecule has 1 rings (SSSR count). The van der Waals surface area contributed by atoms with Crippen LogP contribution in [0.5, 0.6) is 0 Å². The predicted molar refractivity (Wildman–Crippen MR) is 51.8 cm³/mol. The molecular weight excluding hydrogens is 188 g/mol. The van der Waals surface area contributed by atoms with Crippen molar-refractivity contribution < 1.29 is 9.90 Å². The Balaban J connectivity index is 2.80. The minimum atomic E-state index is -1.30. The van der Waals surface area contributed by atoms with Gasteiger partial charge in [0.25, 0.3) is 0 Å². The Kier molecular flexibility index (Phi) is 3.07. The second-order valence-corrected chi connectivity index (χ2v) is 3.72. The van der Waals surface area contributed by atoms with Gasteiger partial charge < -0.3 is 9.90 Å². The van der Waals surface area contributed by atoms with E-state index in [1.165, 1.54) is 6.92 Å². The quantitative estimate of drug-likeness (QED) is 0.753. The number of rotatable bonds is 3. The number of halogens is 1. The summed E-state index contributed by atoms with van der Waals surface area (Å²) in [5.41, 5.74) is -0.449. The van der Waals surface area contributed by atoms with Gasteiger partial charge in [-0.05, 0) is 24.6 Å². The summed E-state index contributed by atoms with van der Waals surface area (Å²) in [7, 11) is 0. The molecular formula is C10H11ClO2. The molecule has 0 aromatic heterocycles. The monoisotopic (exact) mass is 198 g/mol. The van der Waals surface area contributed by atoms with E-state index in [2.05, 4.69) is 0 Å². The van der Waals surface area contributed by atoms with Gasteiger partial charge in [-0.15, -0.1) is 0 Å². The minimum Gasteiger partial charge on any atom is -0.382 e. The lowest BCUT2D eigenvalue weighted by Gasteiger charge is -2.15. The number of benzene rings is 1. The molecule has 0 radical (unpaired) electrons. The predicted octanol–water partition coefficient (Wildman–Crippen LogP) is 1.83. The number of hydrogen-bond acceptors (Lipinski definition) is 2. The second kappa shape index (κ2) is 3.90. The molecule has 3 heteroatoms. The van der Waals surface area contributed by atoms with E-state index >= 15 is 0 Å². The zero-order valence-corrected chi connectivity index (χ0v) is 8.08. The Morgan fingerprint density at radius 1 is 1.62 bits per heavy atom. The molecule has 0 bridgehead atoms. The van der Waals surface area contributed by atoms with E-state index in [0.717, 1.165) is 5.56 Å². The fraction of sp³-hybridized carbons (Fsp3) is 0.300. The molecule has 70 valence electrons. The molecule has 0 amide bonds. The third-order valence-electron chi connectivity index (χ3n) is 1.70. The maximum absolute atomic E-state index is 10.4. The SMILES string of the molecule is CC(O)(C=O)Cc1cccc(Cl)c1. The van der Waals surface area contributed by atoms with Gasteiger partial charge in [-0.25, -0.2) is 0 Å². The lowest BCUT2D eigenvalue weighted by molar-refractivity contribution is -0.122. The largest absolute Gasteiger partial charge is 0.382 e. The molecule has 1 N–H and O–H groups in total. The zero-order chi connectivity index (χ0) is 9.90. The molecule has 0 heterocycles. The molecule has 1 aromatic rings. The molecule has 13 heavy (non-hydrogen) atoms. The van der Waals surface area contributed by atoms with Gasteiger partial charge in [0.2, 0.25) is 0 Å². The van der Waals surface area contributed by atoms with Gasteiger partial charge in [0, 0.05) is 11.4 Å². The summed E-state index contributed by atoms with van der Waals surface area (Å²) >= 11 is 5.75. The molecule has 0 spiro atoms. The van der Waals surface area contributed by atoms with Crippen molar-refractivity contribution in [3.05, 3.63) is 34.9 Å². The molecule has 0 fully saturated rings. The highest BCUT2D eigenvalue weighted by molar-refractivity contribution is 6.30. The van der Waals surface area contributed by atoms with Crippen LogP contribution in [0.25, 0.3) is 0 Å².